The van der Waals surface area contributed by atoms with Gasteiger partial charge in [-0.05, 0) is 93.4 Å². The first-order chi connectivity index (χ1) is 17.2. The molecule has 36 heavy (non-hydrogen) atoms. The Bertz CT molecular complexity index is 1310. The number of anilines is 1. The van der Waals surface area contributed by atoms with Crippen molar-refractivity contribution in [3.63, 3.8) is 0 Å². The fourth-order valence-electron chi connectivity index (χ4n) is 4.27. The van der Waals surface area contributed by atoms with Crippen LogP contribution in [0.2, 0.25) is 5.02 Å². The number of amides is 1. The van der Waals surface area contributed by atoms with E-state index in [1.54, 1.807) is 66.7 Å². The van der Waals surface area contributed by atoms with Gasteiger partial charge in [-0.25, -0.2) is 0 Å². The summed E-state index contributed by atoms with van der Waals surface area (Å²) < 4.78 is 11.3. The third-order valence-electron chi connectivity index (χ3n) is 5.87. The van der Waals surface area contributed by atoms with E-state index in [1.165, 1.54) is 4.90 Å². The van der Waals surface area contributed by atoms with Crippen LogP contribution in [0, 0.1) is 6.92 Å². The summed E-state index contributed by atoms with van der Waals surface area (Å²) in [4.78, 5) is 28.0. The summed E-state index contributed by atoms with van der Waals surface area (Å²) in [6.45, 7) is 8.12. The molecule has 7 heteroatoms. The normalized spacial score (nSPS) is 17.1. The molecule has 1 saturated heterocycles. The maximum Gasteiger partial charge on any atom is 0.300 e. The molecule has 1 fully saturated rings. The van der Waals surface area contributed by atoms with E-state index in [9.17, 15) is 14.7 Å². The van der Waals surface area contributed by atoms with Crippen molar-refractivity contribution in [1.82, 2.24) is 0 Å². The number of aliphatic hydroxyl groups is 1. The second kappa shape index (κ2) is 10.5. The van der Waals surface area contributed by atoms with Gasteiger partial charge in [-0.15, -0.1) is 0 Å². The van der Waals surface area contributed by atoms with Crippen LogP contribution in [0.4, 0.5) is 5.69 Å². The lowest BCUT2D eigenvalue weighted by atomic mass is 9.94. The molecule has 3 aromatic carbocycles. The second-order valence-electron chi connectivity index (χ2n) is 8.79. The first-order valence-corrected chi connectivity index (χ1v) is 12.2. The number of ketones is 1. The zero-order chi connectivity index (χ0) is 26.0. The summed E-state index contributed by atoms with van der Waals surface area (Å²) in [5.41, 5.74) is 2.39. The Morgan fingerprint density at radius 2 is 1.69 bits per heavy atom. The molecule has 0 aliphatic carbocycles. The molecule has 1 amide bonds. The van der Waals surface area contributed by atoms with Gasteiger partial charge >= 0.3 is 0 Å². The molecule has 1 unspecified atom stereocenters. The Morgan fingerprint density at radius 3 is 2.28 bits per heavy atom. The first-order valence-electron chi connectivity index (χ1n) is 11.8. The third kappa shape index (κ3) is 4.95. The number of carbonyl (C=O) groups excluding carboxylic acids is 2. The largest absolute Gasteiger partial charge is 0.507 e. The Kier molecular flexibility index (Phi) is 7.36. The molecular formula is C29H28ClNO5. The van der Waals surface area contributed by atoms with Gasteiger partial charge in [0.2, 0.25) is 0 Å². The lowest BCUT2D eigenvalue weighted by Gasteiger charge is -2.25. The van der Waals surface area contributed by atoms with E-state index in [0.717, 1.165) is 5.56 Å². The van der Waals surface area contributed by atoms with Crippen LogP contribution in [-0.2, 0) is 9.59 Å². The molecule has 3 aromatic rings. The maximum atomic E-state index is 13.3. The van der Waals surface area contributed by atoms with E-state index in [0.29, 0.717) is 39.9 Å². The number of hydrogen-bond acceptors (Lipinski definition) is 5. The first kappa shape index (κ1) is 25.3. The predicted octanol–water partition coefficient (Wildman–Crippen LogP) is 6.46. The van der Waals surface area contributed by atoms with Gasteiger partial charge in [-0.3, -0.25) is 14.5 Å². The van der Waals surface area contributed by atoms with Crippen molar-refractivity contribution in [2.24, 2.45) is 0 Å². The summed E-state index contributed by atoms with van der Waals surface area (Å²) in [6, 6.07) is 18.2. The van der Waals surface area contributed by atoms with Gasteiger partial charge < -0.3 is 14.6 Å². The average Bonchev–Trinajstić information content (AvgIpc) is 3.11. The number of rotatable bonds is 7. The smallest absolute Gasteiger partial charge is 0.300 e. The lowest BCUT2D eigenvalue weighted by molar-refractivity contribution is -0.132. The number of benzene rings is 3. The Morgan fingerprint density at radius 1 is 1.03 bits per heavy atom. The van der Waals surface area contributed by atoms with Crippen LogP contribution in [0.5, 0.6) is 11.5 Å². The van der Waals surface area contributed by atoms with Crippen LogP contribution in [-0.4, -0.2) is 29.5 Å². The predicted molar refractivity (Wildman–Crippen MR) is 141 cm³/mol. The molecule has 1 atom stereocenters. The van der Waals surface area contributed by atoms with Gasteiger partial charge in [0.1, 0.15) is 17.3 Å². The summed E-state index contributed by atoms with van der Waals surface area (Å²) in [5.74, 6) is -0.398. The van der Waals surface area contributed by atoms with E-state index in [1.807, 2.05) is 27.7 Å². The fraction of sp³-hybridized carbons (Fsp3) is 0.241. The van der Waals surface area contributed by atoms with Gasteiger partial charge in [-0.2, -0.15) is 0 Å². The molecule has 0 saturated carbocycles. The summed E-state index contributed by atoms with van der Waals surface area (Å²) in [7, 11) is 0. The van der Waals surface area contributed by atoms with E-state index in [4.69, 9.17) is 21.1 Å². The van der Waals surface area contributed by atoms with Crippen LogP contribution in [0.1, 0.15) is 43.5 Å². The van der Waals surface area contributed by atoms with E-state index in [-0.39, 0.29) is 17.4 Å². The molecule has 4 rings (SSSR count). The van der Waals surface area contributed by atoms with Gasteiger partial charge in [-0.1, -0.05) is 23.7 Å². The van der Waals surface area contributed by atoms with Crippen LogP contribution in [0.25, 0.3) is 5.76 Å². The summed E-state index contributed by atoms with van der Waals surface area (Å²) in [6.07, 6.45) is -0.00695. The number of Topliss-reactive ketones (excluding diaryl/α,β-unsaturated/α-hetero) is 1. The SMILES string of the molecule is CCOc1ccc(N2C(=O)C(=O)/C(=C(\O)c3ccc(OC(C)C)c(C)c3)C2c2ccc(Cl)cc2)cc1. The van der Waals surface area contributed by atoms with Gasteiger partial charge in [0.15, 0.2) is 0 Å². The average molecular weight is 506 g/mol. The second-order valence-corrected chi connectivity index (χ2v) is 9.23. The highest BCUT2D eigenvalue weighted by molar-refractivity contribution is 6.51. The van der Waals surface area contributed by atoms with Crippen LogP contribution in [0.15, 0.2) is 72.3 Å². The van der Waals surface area contributed by atoms with Crippen molar-refractivity contribution in [2.45, 2.75) is 39.8 Å². The van der Waals surface area contributed by atoms with Gasteiger partial charge in [0.25, 0.3) is 11.7 Å². The number of carbonyl (C=O) groups is 2. The third-order valence-corrected chi connectivity index (χ3v) is 6.12. The molecule has 1 aliphatic heterocycles. The molecule has 0 radical (unpaired) electrons. The summed E-state index contributed by atoms with van der Waals surface area (Å²) in [5, 5.41) is 11.9. The van der Waals surface area contributed by atoms with Gasteiger partial charge in [0, 0.05) is 16.3 Å². The fourth-order valence-corrected chi connectivity index (χ4v) is 4.39. The van der Waals surface area contributed by atoms with E-state index < -0.39 is 17.7 Å². The minimum absolute atomic E-state index is 0.00695. The Labute approximate surface area is 215 Å². The van der Waals surface area contributed by atoms with Gasteiger partial charge in [0.05, 0.1) is 24.3 Å². The molecular weight excluding hydrogens is 478 g/mol. The van der Waals surface area contributed by atoms with Crippen LogP contribution >= 0.6 is 11.6 Å². The van der Waals surface area contributed by atoms with E-state index >= 15 is 0 Å². The highest BCUT2D eigenvalue weighted by atomic mass is 35.5. The van der Waals surface area contributed by atoms with Crippen molar-refractivity contribution >= 4 is 34.7 Å². The maximum absolute atomic E-state index is 13.3. The van der Waals surface area contributed by atoms with Crippen molar-refractivity contribution in [3.05, 3.63) is 94.0 Å². The van der Waals surface area contributed by atoms with Crippen molar-refractivity contribution in [1.29, 1.82) is 0 Å². The number of aliphatic hydroxyl groups excluding tert-OH is 1. The van der Waals surface area contributed by atoms with Crippen LogP contribution in [0.3, 0.4) is 0 Å². The topological polar surface area (TPSA) is 76.1 Å². The van der Waals surface area contributed by atoms with Crippen molar-refractivity contribution < 1.29 is 24.2 Å². The van der Waals surface area contributed by atoms with E-state index in [2.05, 4.69) is 0 Å². The highest BCUT2D eigenvalue weighted by Crippen LogP contribution is 2.43. The molecule has 0 bridgehead atoms. The Balaban J connectivity index is 1.85. The lowest BCUT2D eigenvalue weighted by Crippen LogP contribution is -2.29. The molecule has 0 spiro atoms. The molecule has 6 nitrogen and oxygen atoms in total. The highest BCUT2D eigenvalue weighted by Gasteiger charge is 2.47. The number of nitrogens with zero attached hydrogens (tertiary/aromatic N) is 1. The number of aryl methyl sites for hydroxylation is 1. The standard InChI is InChI=1S/C29H28ClNO5/c1-5-35-23-13-11-22(12-14-23)31-26(19-6-9-21(30)10-7-19)25(28(33)29(31)34)27(32)20-8-15-24(18(4)16-20)36-17(2)3/h6-17,26,32H,5H2,1-4H3/b27-25-. The molecule has 1 heterocycles. The molecule has 0 aromatic heterocycles. The molecule has 1 aliphatic rings. The summed E-state index contributed by atoms with van der Waals surface area (Å²) >= 11 is 6.10. The monoisotopic (exact) mass is 505 g/mol. The van der Waals surface area contributed by atoms with Crippen molar-refractivity contribution in [3.8, 4) is 11.5 Å². The zero-order valence-corrected chi connectivity index (χ0v) is 21.4. The molecule has 1 N–H and O–H groups in total. The van der Waals surface area contributed by atoms with Crippen LogP contribution < -0.4 is 14.4 Å². The zero-order valence-electron chi connectivity index (χ0n) is 20.6. The molecule has 186 valence electrons. The minimum atomic E-state index is -0.841. The quantitative estimate of drug-likeness (QED) is 0.226. The number of halogens is 1. The Hall–Kier alpha value is -3.77. The number of hydrogen-bond donors (Lipinski definition) is 1. The van der Waals surface area contributed by atoms with Crippen molar-refractivity contribution in [2.75, 3.05) is 11.5 Å². The number of ether oxygens (including phenoxy) is 2. The minimum Gasteiger partial charge on any atom is -0.507 e.